The lowest BCUT2D eigenvalue weighted by Gasteiger charge is -2.40. The van der Waals surface area contributed by atoms with Gasteiger partial charge in [-0.15, -0.1) is 0 Å². The molecule has 32 heavy (non-hydrogen) atoms. The van der Waals surface area contributed by atoms with E-state index in [9.17, 15) is 9.46 Å². The highest BCUT2D eigenvalue weighted by Gasteiger charge is 2.34. The molecule has 5 nitrogen and oxygen atoms in total. The zero-order valence-electron chi connectivity index (χ0n) is 21.7. The van der Waals surface area contributed by atoms with E-state index in [1.165, 1.54) is 96.4 Å². The van der Waals surface area contributed by atoms with Crippen LogP contribution in [0.2, 0.25) is 0 Å². The van der Waals surface area contributed by atoms with Gasteiger partial charge in [-0.1, -0.05) is 104 Å². The van der Waals surface area contributed by atoms with Crippen molar-refractivity contribution < 1.29 is 23.0 Å². The summed E-state index contributed by atoms with van der Waals surface area (Å²) in [7, 11) is -1.63. The lowest BCUT2D eigenvalue weighted by atomic mass is 10.0. The molecule has 6 heteroatoms. The second kappa shape index (κ2) is 18.4. The summed E-state index contributed by atoms with van der Waals surface area (Å²) in [6, 6.07) is 0. The van der Waals surface area contributed by atoms with Gasteiger partial charge in [0.05, 0.1) is 39.4 Å². The van der Waals surface area contributed by atoms with Gasteiger partial charge in [0.1, 0.15) is 0 Å². The average molecular weight is 477 g/mol. The van der Waals surface area contributed by atoms with Crippen molar-refractivity contribution in [2.45, 2.75) is 136 Å². The molecule has 1 fully saturated rings. The second-order valence-electron chi connectivity index (χ2n) is 10.3. The van der Waals surface area contributed by atoms with E-state index in [0.717, 1.165) is 43.3 Å². The van der Waals surface area contributed by atoms with Gasteiger partial charge >= 0.3 is 7.82 Å². The van der Waals surface area contributed by atoms with Crippen LogP contribution >= 0.6 is 7.82 Å². The van der Waals surface area contributed by atoms with Crippen molar-refractivity contribution in [1.29, 1.82) is 0 Å². The second-order valence-corrected chi connectivity index (χ2v) is 11.8. The van der Waals surface area contributed by atoms with Gasteiger partial charge in [0.2, 0.25) is 0 Å². The van der Waals surface area contributed by atoms with Gasteiger partial charge < -0.3 is 9.38 Å². The molecule has 1 unspecified atom stereocenters. The molecular weight excluding hydrogens is 421 g/mol. The lowest BCUT2D eigenvalue weighted by Crippen LogP contribution is -2.51. The maximum Gasteiger partial charge on any atom is 0.472 e. The Balaban J connectivity index is 1.93. The SMILES string of the molecule is CCCCCCCCCCCCCCCCOP(=O)(O)OC1CC[N+](C)(CCCC)CC1. The quantitative estimate of drug-likeness (QED) is 0.104. The van der Waals surface area contributed by atoms with Crippen LogP contribution in [-0.2, 0) is 13.6 Å². The highest BCUT2D eigenvalue weighted by atomic mass is 31.2. The van der Waals surface area contributed by atoms with Crippen LogP contribution < -0.4 is 0 Å². The minimum atomic E-state index is -3.92. The minimum Gasteiger partial charge on any atom is -0.326 e. The predicted octanol–water partition coefficient (Wildman–Crippen LogP) is 8.01. The Hall–Kier alpha value is 0.0700. The lowest BCUT2D eigenvalue weighted by molar-refractivity contribution is -0.915. The van der Waals surface area contributed by atoms with E-state index in [1.807, 2.05) is 0 Å². The van der Waals surface area contributed by atoms with Crippen molar-refractivity contribution >= 4 is 7.82 Å². The summed E-state index contributed by atoms with van der Waals surface area (Å²) in [6.45, 7) is 8.04. The fourth-order valence-electron chi connectivity index (χ4n) is 4.73. The molecule has 0 aliphatic carbocycles. The number of nitrogens with zero attached hydrogens (tertiary/aromatic N) is 1. The molecule has 192 valence electrons. The van der Waals surface area contributed by atoms with Gasteiger partial charge in [0.25, 0.3) is 0 Å². The number of hydrogen-bond acceptors (Lipinski definition) is 3. The number of phosphoric ester groups is 1. The van der Waals surface area contributed by atoms with E-state index in [-0.39, 0.29) is 6.10 Å². The molecule has 1 aliphatic rings. The van der Waals surface area contributed by atoms with Crippen molar-refractivity contribution in [1.82, 2.24) is 0 Å². The summed E-state index contributed by atoms with van der Waals surface area (Å²) in [5, 5.41) is 0. The molecule has 0 radical (unpaired) electrons. The van der Waals surface area contributed by atoms with Crippen LogP contribution in [0.3, 0.4) is 0 Å². The molecule has 0 bridgehead atoms. The Morgan fingerprint density at radius 1 is 0.750 bits per heavy atom. The van der Waals surface area contributed by atoms with Gasteiger partial charge in [-0.25, -0.2) is 4.57 Å². The number of phosphoric acid groups is 1. The first-order chi connectivity index (χ1) is 15.4. The van der Waals surface area contributed by atoms with Crippen molar-refractivity contribution in [3.05, 3.63) is 0 Å². The largest absolute Gasteiger partial charge is 0.472 e. The van der Waals surface area contributed by atoms with Crippen LogP contribution in [0.5, 0.6) is 0 Å². The molecule has 1 saturated heterocycles. The van der Waals surface area contributed by atoms with E-state index < -0.39 is 7.82 Å². The average Bonchev–Trinajstić information content (AvgIpc) is 2.77. The molecule has 0 aromatic carbocycles. The molecular formula is C26H55NO4P+. The fourth-order valence-corrected chi connectivity index (χ4v) is 5.74. The monoisotopic (exact) mass is 476 g/mol. The van der Waals surface area contributed by atoms with E-state index in [4.69, 9.17) is 9.05 Å². The summed E-state index contributed by atoms with van der Waals surface area (Å²) in [5.41, 5.74) is 0. The van der Waals surface area contributed by atoms with E-state index >= 15 is 0 Å². The third kappa shape index (κ3) is 15.8. The Bertz CT molecular complexity index is 480. The number of likely N-dealkylation sites (tertiary alicyclic amines) is 1. The number of hydrogen-bond donors (Lipinski definition) is 1. The zero-order chi connectivity index (χ0) is 23.5. The molecule has 0 amide bonds. The van der Waals surface area contributed by atoms with Gasteiger partial charge in [0, 0.05) is 12.8 Å². The molecule has 0 aromatic rings. The maximum atomic E-state index is 12.3. The van der Waals surface area contributed by atoms with Gasteiger partial charge in [-0.2, -0.15) is 0 Å². The molecule has 1 N–H and O–H groups in total. The first-order valence-electron chi connectivity index (χ1n) is 13.9. The van der Waals surface area contributed by atoms with Gasteiger partial charge in [-0.05, 0) is 12.8 Å². The molecule has 1 rings (SSSR count). The standard InChI is InChI=1S/C26H54NO4P/c1-4-6-8-9-10-11-12-13-14-15-16-17-18-19-25-30-32(28,29)31-26-20-23-27(3,24-21-26)22-7-5-2/h26H,4-25H2,1-3H3/p+1. The third-order valence-corrected chi connectivity index (χ3v) is 8.14. The molecule has 0 spiro atoms. The molecule has 1 aliphatic heterocycles. The van der Waals surface area contributed by atoms with Crippen molar-refractivity contribution in [2.24, 2.45) is 0 Å². The smallest absolute Gasteiger partial charge is 0.326 e. The first kappa shape index (κ1) is 30.1. The van der Waals surface area contributed by atoms with E-state index in [2.05, 4.69) is 20.9 Å². The van der Waals surface area contributed by atoms with Gasteiger partial charge in [0.15, 0.2) is 0 Å². The highest BCUT2D eigenvalue weighted by Crippen LogP contribution is 2.46. The Morgan fingerprint density at radius 2 is 1.19 bits per heavy atom. The number of quaternary nitrogens is 1. The number of piperidine rings is 1. The van der Waals surface area contributed by atoms with Crippen molar-refractivity contribution in [3.8, 4) is 0 Å². The Morgan fingerprint density at radius 3 is 1.66 bits per heavy atom. The van der Waals surface area contributed by atoms with E-state index in [1.54, 1.807) is 0 Å². The van der Waals surface area contributed by atoms with Crippen LogP contribution in [0.1, 0.15) is 129 Å². The normalized spacial score (nSPS) is 23.3. The number of unbranched alkanes of at least 4 members (excludes halogenated alkanes) is 14. The van der Waals surface area contributed by atoms with Crippen molar-refractivity contribution in [2.75, 3.05) is 33.3 Å². The predicted molar refractivity (Wildman–Crippen MR) is 136 cm³/mol. The molecule has 0 saturated carbocycles. The third-order valence-electron chi connectivity index (χ3n) is 7.07. The van der Waals surface area contributed by atoms with Crippen LogP contribution in [0.25, 0.3) is 0 Å². The van der Waals surface area contributed by atoms with Crippen LogP contribution in [0.15, 0.2) is 0 Å². The van der Waals surface area contributed by atoms with Crippen LogP contribution in [-0.4, -0.2) is 48.8 Å². The summed E-state index contributed by atoms with van der Waals surface area (Å²) < 4.78 is 24.0. The summed E-state index contributed by atoms with van der Waals surface area (Å²) in [6.07, 6.45) is 22.2. The topological polar surface area (TPSA) is 55.8 Å². The number of rotatable bonds is 21. The van der Waals surface area contributed by atoms with Crippen LogP contribution in [0, 0.1) is 0 Å². The van der Waals surface area contributed by atoms with Crippen LogP contribution in [0.4, 0.5) is 0 Å². The molecule has 1 heterocycles. The Labute approximate surface area is 199 Å². The Kier molecular flexibility index (Phi) is 17.3. The fraction of sp³-hybridized carbons (Fsp3) is 1.00. The summed E-state index contributed by atoms with van der Waals surface area (Å²) in [5.74, 6) is 0. The zero-order valence-corrected chi connectivity index (χ0v) is 22.6. The minimum absolute atomic E-state index is 0.144. The molecule has 0 aromatic heterocycles. The summed E-state index contributed by atoms with van der Waals surface area (Å²) >= 11 is 0. The van der Waals surface area contributed by atoms with E-state index in [0.29, 0.717) is 6.61 Å². The molecule has 1 atom stereocenters. The first-order valence-corrected chi connectivity index (χ1v) is 15.4. The maximum absolute atomic E-state index is 12.3. The highest BCUT2D eigenvalue weighted by molar-refractivity contribution is 7.47. The summed E-state index contributed by atoms with van der Waals surface area (Å²) in [4.78, 5) is 10.0. The van der Waals surface area contributed by atoms with Gasteiger partial charge in [-0.3, -0.25) is 9.05 Å². The van der Waals surface area contributed by atoms with Crippen molar-refractivity contribution in [3.63, 3.8) is 0 Å².